The van der Waals surface area contributed by atoms with Gasteiger partial charge in [0.2, 0.25) is 0 Å². The van der Waals surface area contributed by atoms with Crippen molar-refractivity contribution in [1.82, 2.24) is 0 Å². The van der Waals surface area contributed by atoms with Gasteiger partial charge in [-0.25, -0.2) is 19.2 Å². The number of rotatable bonds is 4. The van der Waals surface area contributed by atoms with Crippen LogP contribution in [0.25, 0.3) is 0 Å². The molecule has 2 rings (SSSR count). The zero-order valence-electron chi connectivity index (χ0n) is 12.9. The van der Waals surface area contributed by atoms with E-state index < -0.39 is 10.0 Å². The number of fused-ring (bicyclic) bond motifs is 1. The first kappa shape index (κ1) is 16.5. The maximum Gasteiger partial charge on any atom is 0.414 e. The summed E-state index contributed by atoms with van der Waals surface area (Å²) in [5, 5.41) is 0. The van der Waals surface area contributed by atoms with Crippen molar-refractivity contribution in [1.29, 1.82) is 0 Å². The number of hydrogen-bond donors (Lipinski definition) is 0. The molecule has 1 heterocycles. The van der Waals surface area contributed by atoms with Crippen LogP contribution < -0.4 is 4.90 Å². The molecule has 0 saturated carbocycles. The summed E-state index contributed by atoms with van der Waals surface area (Å²) in [5.41, 5.74) is 1.66. The summed E-state index contributed by atoms with van der Waals surface area (Å²) >= 11 is 1.35. The molecule has 0 N–H and O–H groups in total. The Kier molecular flexibility index (Phi) is 5.09. The Labute approximate surface area is 131 Å². The minimum atomic E-state index is -0.669. The fourth-order valence-corrected chi connectivity index (χ4v) is 3.26. The van der Waals surface area contributed by atoms with Gasteiger partial charge in [-0.3, -0.25) is 4.90 Å². The molecule has 0 radical (unpaired) electrons. The van der Waals surface area contributed by atoms with Crippen LogP contribution in [0.5, 0.6) is 0 Å². The third kappa shape index (κ3) is 4.07. The lowest BCUT2D eigenvalue weighted by Gasteiger charge is -2.25. The third-order valence-corrected chi connectivity index (χ3v) is 5.53. The Bertz CT molecular complexity index is 543. The molecule has 1 aromatic rings. The van der Waals surface area contributed by atoms with Gasteiger partial charge in [-0.05, 0) is 49.1 Å². The van der Waals surface area contributed by atoms with Crippen molar-refractivity contribution in [2.24, 2.45) is 0 Å². The van der Waals surface area contributed by atoms with Crippen LogP contribution >= 0.6 is 21.8 Å². The maximum atomic E-state index is 13.8. The highest BCUT2D eigenvalue weighted by Gasteiger charge is 2.27. The quantitative estimate of drug-likeness (QED) is 0.787. The number of hydrogen-bond acceptors (Lipinski definition) is 3. The van der Waals surface area contributed by atoms with Crippen molar-refractivity contribution < 1.29 is 13.9 Å². The predicted molar refractivity (Wildman–Crippen MR) is 90.8 cm³/mol. The van der Waals surface area contributed by atoms with Gasteiger partial charge in [-0.1, -0.05) is 0 Å². The molecule has 0 bridgehead atoms. The fraction of sp³-hybridized carbons (Fsp3) is 0.533. The Hall–Kier alpha value is -0.880. The number of thioether (sulfide) groups is 1. The highest BCUT2D eigenvalue weighted by Crippen LogP contribution is 2.35. The summed E-state index contributed by atoms with van der Waals surface area (Å²) in [7, 11) is -0.669. The number of carbonyl (C=O) groups is 1. The van der Waals surface area contributed by atoms with Crippen molar-refractivity contribution in [3.05, 3.63) is 23.5 Å². The highest BCUT2D eigenvalue weighted by molar-refractivity contribution is 8.32. The zero-order valence-corrected chi connectivity index (χ0v) is 14.6. The van der Waals surface area contributed by atoms with Crippen molar-refractivity contribution in [3.8, 4) is 0 Å². The van der Waals surface area contributed by atoms with E-state index in [0.29, 0.717) is 24.5 Å². The van der Waals surface area contributed by atoms with Crippen LogP contribution in [0.4, 0.5) is 14.9 Å². The standard InChI is InChI=1S/C15H22FNO2S2/c1-20-14-10-13-11(9-12(14)16)5-6-17(13)15(18)19-7-8-21(2,3)4/h9-10H,5-8H2,1-4H3. The molecular weight excluding hydrogens is 309 g/mol. The van der Waals surface area contributed by atoms with Crippen LogP contribution in [0.15, 0.2) is 17.0 Å². The van der Waals surface area contributed by atoms with Crippen molar-refractivity contribution >= 4 is 33.6 Å². The fourth-order valence-electron chi connectivity index (χ4n) is 2.19. The summed E-state index contributed by atoms with van der Waals surface area (Å²) in [6.45, 7) is 1.01. The molecule has 6 heteroatoms. The Morgan fingerprint density at radius 1 is 1.43 bits per heavy atom. The molecule has 0 saturated heterocycles. The van der Waals surface area contributed by atoms with E-state index in [1.54, 1.807) is 11.0 Å². The second kappa shape index (κ2) is 6.48. The number of ether oxygens (including phenoxy) is 1. The number of carbonyl (C=O) groups excluding carboxylic acids is 1. The van der Waals surface area contributed by atoms with Crippen LogP contribution in [0, 0.1) is 5.82 Å². The molecule has 118 valence electrons. The maximum absolute atomic E-state index is 13.8. The predicted octanol–water partition coefficient (Wildman–Crippen LogP) is 3.74. The molecule has 1 aromatic carbocycles. The van der Waals surface area contributed by atoms with Gasteiger partial charge in [0.15, 0.2) is 0 Å². The first-order chi connectivity index (χ1) is 9.81. The second-order valence-corrected chi connectivity index (χ2v) is 11.4. The van der Waals surface area contributed by atoms with Crippen LogP contribution in [0.2, 0.25) is 0 Å². The average Bonchev–Trinajstić information content (AvgIpc) is 2.78. The molecule has 21 heavy (non-hydrogen) atoms. The first-order valence-corrected chi connectivity index (χ1v) is 11.0. The topological polar surface area (TPSA) is 29.5 Å². The number of halogens is 1. The normalized spacial score (nSPS) is 15.0. The van der Waals surface area contributed by atoms with Crippen LogP contribution in [-0.4, -0.2) is 50.0 Å². The van der Waals surface area contributed by atoms with Gasteiger partial charge in [0, 0.05) is 17.2 Å². The Morgan fingerprint density at radius 2 is 2.14 bits per heavy atom. The molecule has 0 fully saturated rings. The molecule has 0 aliphatic carbocycles. The van der Waals surface area contributed by atoms with E-state index in [1.807, 2.05) is 6.26 Å². The summed E-state index contributed by atoms with van der Waals surface area (Å²) in [6.07, 6.45) is 8.77. The summed E-state index contributed by atoms with van der Waals surface area (Å²) in [6, 6.07) is 3.28. The van der Waals surface area contributed by atoms with Gasteiger partial charge in [0.05, 0.1) is 5.69 Å². The molecule has 1 aliphatic heterocycles. The lowest BCUT2D eigenvalue weighted by atomic mass is 10.1. The number of anilines is 1. The molecule has 0 aromatic heterocycles. The van der Waals surface area contributed by atoms with Crippen molar-refractivity contribution in [2.45, 2.75) is 11.3 Å². The molecule has 1 amide bonds. The lowest BCUT2D eigenvalue weighted by molar-refractivity contribution is 0.161. The molecule has 0 unspecified atom stereocenters. The van der Waals surface area contributed by atoms with Crippen LogP contribution in [-0.2, 0) is 11.2 Å². The second-order valence-electron chi connectivity index (χ2n) is 5.93. The molecular formula is C15H22FNO2S2. The van der Waals surface area contributed by atoms with Crippen molar-refractivity contribution in [3.63, 3.8) is 0 Å². The SMILES string of the molecule is CSc1cc2c(cc1F)CCN2C(=O)OCCS(C)(C)C. The van der Waals surface area contributed by atoms with E-state index in [0.717, 1.165) is 17.0 Å². The highest BCUT2D eigenvalue weighted by atomic mass is 32.3. The van der Waals surface area contributed by atoms with Gasteiger partial charge in [0.1, 0.15) is 12.4 Å². The van der Waals surface area contributed by atoms with E-state index in [9.17, 15) is 9.18 Å². The lowest BCUT2D eigenvalue weighted by Crippen LogP contribution is -2.30. The third-order valence-electron chi connectivity index (χ3n) is 3.39. The smallest absolute Gasteiger partial charge is 0.414 e. The Balaban J connectivity index is 2.06. The van der Waals surface area contributed by atoms with Gasteiger partial charge < -0.3 is 4.74 Å². The zero-order chi connectivity index (χ0) is 15.6. The minimum Gasteiger partial charge on any atom is -0.448 e. The largest absolute Gasteiger partial charge is 0.448 e. The molecule has 0 spiro atoms. The van der Waals surface area contributed by atoms with E-state index in [2.05, 4.69) is 18.8 Å². The molecule has 1 aliphatic rings. The van der Waals surface area contributed by atoms with E-state index >= 15 is 0 Å². The number of amides is 1. The summed E-state index contributed by atoms with van der Waals surface area (Å²) in [4.78, 5) is 14.4. The van der Waals surface area contributed by atoms with Gasteiger partial charge in [-0.2, -0.15) is 0 Å². The monoisotopic (exact) mass is 331 g/mol. The molecule has 0 atom stereocenters. The van der Waals surface area contributed by atoms with Crippen LogP contribution in [0.3, 0.4) is 0 Å². The van der Waals surface area contributed by atoms with E-state index in [1.165, 1.54) is 17.8 Å². The minimum absolute atomic E-state index is 0.215. The van der Waals surface area contributed by atoms with E-state index in [4.69, 9.17) is 4.74 Å². The van der Waals surface area contributed by atoms with Gasteiger partial charge >= 0.3 is 6.09 Å². The van der Waals surface area contributed by atoms with Gasteiger partial charge in [-0.15, -0.1) is 11.8 Å². The average molecular weight is 331 g/mol. The first-order valence-electron chi connectivity index (χ1n) is 6.78. The summed E-state index contributed by atoms with van der Waals surface area (Å²) in [5.74, 6) is 0.687. The van der Waals surface area contributed by atoms with Crippen LogP contribution in [0.1, 0.15) is 5.56 Å². The van der Waals surface area contributed by atoms with Crippen molar-refractivity contribution in [2.75, 3.05) is 48.8 Å². The number of benzene rings is 1. The van der Waals surface area contributed by atoms with Gasteiger partial charge in [0.25, 0.3) is 0 Å². The number of nitrogens with zero attached hydrogens (tertiary/aromatic N) is 1. The Morgan fingerprint density at radius 3 is 2.76 bits per heavy atom. The van der Waals surface area contributed by atoms with E-state index in [-0.39, 0.29) is 11.9 Å². The molecule has 3 nitrogen and oxygen atoms in total. The summed E-state index contributed by atoms with van der Waals surface area (Å²) < 4.78 is 19.1.